The van der Waals surface area contributed by atoms with E-state index in [1.54, 1.807) is 7.11 Å². The van der Waals surface area contributed by atoms with Gasteiger partial charge in [-0.3, -0.25) is 0 Å². The van der Waals surface area contributed by atoms with E-state index in [2.05, 4.69) is 12.2 Å². The van der Waals surface area contributed by atoms with Crippen LogP contribution in [0.1, 0.15) is 24.9 Å². The highest BCUT2D eigenvalue weighted by Gasteiger charge is 2.26. The van der Waals surface area contributed by atoms with E-state index in [9.17, 15) is 4.39 Å². The Morgan fingerprint density at radius 2 is 2.27 bits per heavy atom. The zero-order chi connectivity index (χ0) is 10.8. The summed E-state index contributed by atoms with van der Waals surface area (Å²) in [5, 5.41) is 3.32. The molecule has 0 aliphatic carbocycles. The van der Waals surface area contributed by atoms with Gasteiger partial charge in [0, 0.05) is 17.7 Å². The van der Waals surface area contributed by atoms with E-state index in [4.69, 9.17) is 4.74 Å². The van der Waals surface area contributed by atoms with Crippen LogP contribution in [0.2, 0.25) is 0 Å². The first kappa shape index (κ1) is 10.4. The second-order valence-corrected chi connectivity index (χ2v) is 4.09. The monoisotopic (exact) mass is 209 g/mol. The lowest BCUT2D eigenvalue weighted by Gasteiger charge is -2.17. The van der Waals surface area contributed by atoms with Crippen molar-refractivity contribution in [1.29, 1.82) is 0 Å². The van der Waals surface area contributed by atoms with Crippen LogP contribution in [0.15, 0.2) is 18.2 Å². The number of methoxy groups -OCH3 is 1. The summed E-state index contributed by atoms with van der Waals surface area (Å²) in [6.07, 6.45) is 1.11. The summed E-state index contributed by atoms with van der Waals surface area (Å²) >= 11 is 0. The molecule has 1 aliphatic rings. The van der Waals surface area contributed by atoms with Gasteiger partial charge in [0.2, 0.25) is 0 Å². The van der Waals surface area contributed by atoms with Crippen LogP contribution in [0.4, 0.5) is 4.39 Å². The largest absolute Gasteiger partial charge is 0.497 e. The van der Waals surface area contributed by atoms with E-state index >= 15 is 0 Å². The number of hydrogen-bond acceptors (Lipinski definition) is 2. The van der Waals surface area contributed by atoms with Gasteiger partial charge in [-0.15, -0.1) is 0 Å². The predicted molar refractivity (Wildman–Crippen MR) is 57.5 cm³/mol. The first-order valence-electron chi connectivity index (χ1n) is 5.29. The van der Waals surface area contributed by atoms with Crippen LogP contribution < -0.4 is 10.1 Å². The van der Waals surface area contributed by atoms with E-state index < -0.39 is 0 Å². The summed E-state index contributed by atoms with van der Waals surface area (Å²) < 4.78 is 18.7. The van der Waals surface area contributed by atoms with Gasteiger partial charge in [-0.25, -0.2) is 4.39 Å². The quantitative estimate of drug-likeness (QED) is 0.808. The Labute approximate surface area is 89.4 Å². The van der Waals surface area contributed by atoms with Crippen molar-refractivity contribution < 1.29 is 9.13 Å². The zero-order valence-corrected chi connectivity index (χ0v) is 9.09. The lowest BCUT2D eigenvalue weighted by Crippen LogP contribution is -2.17. The minimum atomic E-state index is -0.180. The van der Waals surface area contributed by atoms with E-state index in [0.717, 1.165) is 18.5 Å². The molecule has 0 spiro atoms. The second-order valence-electron chi connectivity index (χ2n) is 4.09. The van der Waals surface area contributed by atoms with Crippen molar-refractivity contribution in [2.45, 2.75) is 19.4 Å². The number of nitrogens with one attached hydrogen (secondary N) is 1. The Hall–Kier alpha value is -1.09. The average Bonchev–Trinajstić information content (AvgIpc) is 2.64. The Balaban J connectivity index is 2.28. The van der Waals surface area contributed by atoms with Crippen LogP contribution in [-0.2, 0) is 0 Å². The Morgan fingerprint density at radius 1 is 1.47 bits per heavy atom. The molecule has 1 N–H and O–H groups in total. The number of hydrogen-bond donors (Lipinski definition) is 1. The average molecular weight is 209 g/mol. The molecule has 1 heterocycles. The fraction of sp³-hybridized carbons (Fsp3) is 0.500. The maximum absolute atomic E-state index is 13.7. The standard InChI is InChI=1S/C12H16FNO/c1-8-5-6-14-12(8)10-4-3-9(15-2)7-11(10)13/h3-4,7-8,12,14H,5-6H2,1-2H3/t8-,12-/m0/s1. The van der Waals surface area contributed by atoms with Gasteiger partial charge in [0.25, 0.3) is 0 Å². The first-order valence-corrected chi connectivity index (χ1v) is 5.29. The summed E-state index contributed by atoms with van der Waals surface area (Å²) in [5.41, 5.74) is 0.751. The van der Waals surface area contributed by atoms with Crippen molar-refractivity contribution in [3.05, 3.63) is 29.6 Å². The SMILES string of the molecule is COc1ccc([C@H]2NCC[C@@H]2C)c(F)c1. The van der Waals surface area contributed by atoms with E-state index in [0.29, 0.717) is 11.7 Å². The van der Waals surface area contributed by atoms with E-state index in [1.807, 2.05) is 12.1 Å². The molecule has 2 rings (SSSR count). The molecule has 1 aromatic rings. The second kappa shape index (κ2) is 4.19. The smallest absolute Gasteiger partial charge is 0.131 e. The molecule has 15 heavy (non-hydrogen) atoms. The molecule has 2 atom stereocenters. The van der Waals surface area contributed by atoms with E-state index in [-0.39, 0.29) is 11.9 Å². The van der Waals surface area contributed by atoms with Crippen molar-refractivity contribution in [3.63, 3.8) is 0 Å². The fourth-order valence-electron chi connectivity index (χ4n) is 2.14. The van der Waals surface area contributed by atoms with Crippen molar-refractivity contribution in [1.82, 2.24) is 5.32 Å². The highest BCUT2D eigenvalue weighted by Crippen LogP contribution is 2.31. The third kappa shape index (κ3) is 1.97. The molecule has 1 fully saturated rings. The van der Waals surface area contributed by atoms with Gasteiger partial charge in [-0.1, -0.05) is 13.0 Å². The Bertz CT molecular complexity index is 353. The van der Waals surface area contributed by atoms with Crippen LogP contribution in [0.5, 0.6) is 5.75 Å². The lowest BCUT2D eigenvalue weighted by atomic mass is 9.95. The van der Waals surface area contributed by atoms with Gasteiger partial charge < -0.3 is 10.1 Å². The molecule has 0 unspecified atom stereocenters. The summed E-state index contributed by atoms with van der Waals surface area (Å²) in [7, 11) is 1.55. The summed E-state index contributed by atoms with van der Waals surface area (Å²) in [6, 6.07) is 5.22. The van der Waals surface area contributed by atoms with Crippen LogP contribution >= 0.6 is 0 Å². The third-order valence-electron chi connectivity index (χ3n) is 3.08. The van der Waals surface area contributed by atoms with Gasteiger partial charge >= 0.3 is 0 Å². The highest BCUT2D eigenvalue weighted by atomic mass is 19.1. The predicted octanol–water partition coefficient (Wildman–Crippen LogP) is 2.50. The molecule has 1 saturated heterocycles. The Morgan fingerprint density at radius 3 is 2.80 bits per heavy atom. The minimum Gasteiger partial charge on any atom is -0.497 e. The van der Waals surface area contributed by atoms with Crippen molar-refractivity contribution >= 4 is 0 Å². The fourth-order valence-corrected chi connectivity index (χ4v) is 2.14. The van der Waals surface area contributed by atoms with Crippen LogP contribution in [-0.4, -0.2) is 13.7 Å². The van der Waals surface area contributed by atoms with E-state index in [1.165, 1.54) is 6.07 Å². The normalized spacial score (nSPS) is 25.5. The highest BCUT2D eigenvalue weighted by molar-refractivity contribution is 5.31. The molecule has 0 bridgehead atoms. The molecule has 0 aromatic heterocycles. The van der Waals surface area contributed by atoms with Crippen LogP contribution in [0.3, 0.4) is 0 Å². The first-order chi connectivity index (χ1) is 7.22. The molecule has 3 heteroatoms. The molecule has 1 aliphatic heterocycles. The van der Waals surface area contributed by atoms with Crippen molar-refractivity contribution in [2.75, 3.05) is 13.7 Å². The molecule has 82 valence electrons. The molecular weight excluding hydrogens is 193 g/mol. The van der Waals surface area contributed by atoms with Gasteiger partial charge in [0.1, 0.15) is 11.6 Å². The molecular formula is C12H16FNO. The van der Waals surface area contributed by atoms with Crippen LogP contribution in [0.25, 0.3) is 0 Å². The number of halogens is 1. The topological polar surface area (TPSA) is 21.3 Å². The van der Waals surface area contributed by atoms with Crippen molar-refractivity contribution in [2.24, 2.45) is 5.92 Å². The van der Waals surface area contributed by atoms with Gasteiger partial charge in [0.05, 0.1) is 7.11 Å². The maximum Gasteiger partial charge on any atom is 0.131 e. The molecule has 0 radical (unpaired) electrons. The molecule has 0 saturated carbocycles. The van der Waals surface area contributed by atoms with Gasteiger partial charge in [-0.2, -0.15) is 0 Å². The summed E-state index contributed by atoms with van der Waals surface area (Å²) in [4.78, 5) is 0. The summed E-state index contributed by atoms with van der Waals surface area (Å²) in [6.45, 7) is 3.12. The Kier molecular flexibility index (Phi) is 2.91. The number of rotatable bonds is 2. The van der Waals surface area contributed by atoms with Gasteiger partial charge in [0.15, 0.2) is 0 Å². The molecule has 0 amide bonds. The maximum atomic E-state index is 13.7. The number of ether oxygens (including phenoxy) is 1. The number of benzene rings is 1. The third-order valence-corrected chi connectivity index (χ3v) is 3.08. The summed E-state index contributed by atoms with van der Waals surface area (Å²) in [5.74, 6) is 0.885. The van der Waals surface area contributed by atoms with Gasteiger partial charge in [-0.05, 0) is 24.9 Å². The molecule has 2 nitrogen and oxygen atoms in total. The zero-order valence-electron chi connectivity index (χ0n) is 9.09. The van der Waals surface area contributed by atoms with Crippen molar-refractivity contribution in [3.8, 4) is 5.75 Å². The lowest BCUT2D eigenvalue weighted by molar-refractivity contribution is 0.408. The molecule has 1 aromatic carbocycles. The van der Waals surface area contributed by atoms with Crippen LogP contribution in [0, 0.1) is 11.7 Å². The minimum absolute atomic E-state index is 0.149.